The molecule has 7 heteroatoms. The maximum absolute atomic E-state index is 13.3. The summed E-state index contributed by atoms with van der Waals surface area (Å²) >= 11 is 19.1. The number of amides is 1. The number of rotatable bonds is 3. The predicted octanol–water partition coefficient (Wildman–Crippen LogP) is 7.35. The van der Waals surface area contributed by atoms with E-state index in [1.165, 1.54) is 0 Å². The van der Waals surface area contributed by atoms with Gasteiger partial charge in [-0.2, -0.15) is 0 Å². The van der Waals surface area contributed by atoms with Gasteiger partial charge in [-0.05, 0) is 60.2 Å². The Balaban J connectivity index is 1.83. The quantitative estimate of drug-likeness (QED) is 0.314. The van der Waals surface area contributed by atoms with Crippen LogP contribution in [0.25, 0.3) is 6.08 Å². The lowest BCUT2D eigenvalue weighted by Gasteiger charge is -2.18. The number of aliphatic imine (C=N–C) groups is 1. The SMILES string of the molecule is O=C1/C(=C\c2ccc(Cl)cc2Cl)N=C(c2ccc(Br)cc2)N1c1ccc(Br)cc1. The van der Waals surface area contributed by atoms with E-state index in [9.17, 15) is 4.79 Å². The Labute approximate surface area is 194 Å². The molecule has 0 aliphatic carbocycles. The van der Waals surface area contributed by atoms with Gasteiger partial charge in [-0.1, -0.05) is 73.3 Å². The number of anilines is 1. The summed E-state index contributed by atoms with van der Waals surface area (Å²) in [5.41, 5.74) is 2.53. The lowest BCUT2D eigenvalue weighted by atomic mass is 10.1. The molecule has 144 valence electrons. The zero-order valence-electron chi connectivity index (χ0n) is 14.7. The van der Waals surface area contributed by atoms with E-state index in [1.807, 2.05) is 48.5 Å². The van der Waals surface area contributed by atoms with E-state index >= 15 is 0 Å². The van der Waals surface area contributed by atoms with Gasteiger partial charge in [0.1, 0.15) is 11.5 Å². The van der Waals surface area contributed by atoms with Crippen LogP contribution >= 0.6 is 55.1 Å². The molecule has 3 nitrogen and oxygen atoms in total. The highest BCUT2D eigenvalue weighted by atomic mass is 79.9. The Hall–Kier alpha value is -1.92. The van der Waals surface area contributed by atoms with Crippen molar-refractivity contribution in [3.63, 3.8) is 0 Å². The normalized spacial score (nSPS) is 15.2. The van der Waals surface area contributed by atoms with Crippen LogP contribution in [0.4, 0.5) is 5.69 Å². The van der Waals surface area contributed by atoms with Crippen LogP contribution in [-0.2, 0) is 4.79 Å². The molecule has 0 unspecified atom stereocenters. The highest BCUT2D eigenvalue weighted by Gasteiger charge is 2.32. The van der Waals surface area contributed by atoms with E-state index in [-0.39, 0.29) is 5.91 Å². The number of carbonyl (C=O) groups is 1. The molecule has 0 spiro atoms. The summed E-state index contributed by atoms with van der Waals surface area (Å²) in [5, 5.41) is 0.991. The van der Waals surface area contributed by atoms with Crippen molar-refractivity contribution >= 4 is 78.6 Å². The van der Waals surface area contributed by atoms with Gasteiger partial charge in [0.2, 0.25) is 0 Å². The molecule has 0 bridgehead atoms. The first kappa shape index (κ1) is 20.4. The van der Waals surface area contributed by atoms with Gasteiger partial charge in [-0.3, -0.25) is 9.69 Å². The molecule has 0 saturated carbocycles. The van der Waals surface area contributed by atoms with Crippen LogP contribution in [0.5, 0.6) is 0 Å². The van der Waals surface area contributed by atoms with E-state index in [2.05, 4.69) is 36.9 Å². The van der Waals surface area contributed by atoms with Crippen molar-refractivity contribution in [1.82, 2.24) is 0 Å². The molecule has 0 radical (unpaired) electrons. The van der Waals surface area contributed by atoms with Crippen molar-refractivity contribution in [3.8, 4) is 0 Å². The third-order valence-electron chi connectivity index (χ3n) is 4.30. The van der Waals surface area contributed by atoms with Gasteiger partial charge < -0.3 is 0 Å². The first-order chi connectivity index (χ1) is 13.9. The first-order valence-corrected chi connectivity index (χ1v) is 10.9. The molecule has 3 aromatic carbocycles. The minimum atomic E-state index is -0.226. The second-order valence-electron chi connectivity index (χ2n) is 6.25. The monoisotopic (exact) mass is 548 g/mol. The van der Waals surface area contributed by atoms with Gasteiger partial charge in [0.05, 0.1) is 5.69 Å². The highest BCUT2D eigenvalue weighted by Crippen LogP contribution is 2.31. The molecule has 3 aromatic rings. The Morgan fingerprint density at radius 2 is 1.48 bits per heavy atom. The van der Waals surface area contributed by atoms with Crippen molar-refractivity contribution in [2.45, 2.75) is 0 Å². The molecule has 4 rings (SSSR count). The Morgan fingerprint density at radius 1 is 0.862 bits per heavy atom. The number of nitrogens with zero attached hydrogens (tertiary/aromatic N) is 2. The molecule has 0 N–H and O–H groups in total. The van der Waals surface area contributed by atoms with Gasteiger partial charge in [0.15, 0.2) is 0 Å². The van der Waals surface area contributed by atoms with Crippen molar-refractivity contribution < 1.29 is 4.79 Å². The van der Waals surface area contributed by atoms with Gasteiger partial charge >= 0.3 is 0 Å². The fraction of sp³-hybridized carbons (Fsp3) is 0. The average Bonchev–Trinajstić information content (AvgIpc) is 3.01. The van der Waals surface area contributed by atoms with Crippen molar-refractivity contribution in [1.29, 1.82) is 0 Å². The molecule has 1 heterocycles. The average molecular weight is 551 g/mol. The summed E-state index contributed by atoms with van der Waals surface area (Å²) in [4.78, 5) is 19.5. The molecule has 29 heavy (non-hydrogen) atoms. The molecule has 1 aliphatic rings. The van der Waals surface area contributed by atoms with E-state index in [0.29, 0.717) is 27.1 Å². The number of amidine groups is 1. The van der Waals surface area contributed by atoms with Gasteiger partial charge in [0.25, 0.3) is 5.91 Å². The van der Waals surface area contributed by atoms with Crippen molar-refractivity contribution in [2.75, 3.05) is 4.90 Å². The van der Waals surface area contributed by atoms with Crippen LogP contribution in [0.3, 0.4) is 0 Å². The topological polar surface area (TPSA) is 32.7 Å². The summed E-state index contributed by atoms with van der Waals surface area (Å²) in [6.45, 7) is 0. The molecule has 0 saturated heterocycles. The zero-order chi connectivity index (χ0) is 20.5. The minimum Gasteiger partial charge on any atom is -0.266 e. The first-order valence-electron chi connectivity index (χ1n) is 8.54. The lowest BCUT2D eigenvalue weighted by Crippen LogP contribution is -2.32. The second kappa shape index (κ2) is 8.44. The fourth-order valence-electron chi connectivity index (χ4n) is 2.90. The standard InChI is InChI=1S/C22H12Br2Cl2N2O/c23-15-4-1-13(2-5-15)21-27-20(11-14-3-8-17(25)12-19(14)26)22(29)28(21)18-9-6-16(24)7-10-18/h1-12H/b20-11+. The molecule has 0 fully saturated rings. The third-order valence-corrected chi connectivity index (χ3v) is 5.92. The van der Waals surface area contributed by atoms with Crippen molar-refractivity contribution in [2.24, 2.45) is 4.99 Å². The molecule has 0 atom stereocenters. The molecule has 0 aromatic heterocycles. The minimum absolute atomic E-state index is 0.226. The van der Waals surface area contributed by atoms with Crippen LogP contribution in [0.1, 0.15) is 11.1 Å². The van der Waals surface area contributed by atoms with Gasteiger partial charge in [-0.25, -0.2) is 4.99 Å². The smallest absolute Gasteiger partial charge is 0.266 e. The zero-order valence-corrected chi connectivity index (χ0v) is 19.4. The third kappa shape index (κ3) is 4.33. The Morgan fingerprint density at radius 3 is 2.10 bits per heavy atom. The van der Waals surface area contributed by atoms with Crippen LogP contribution < -0.4 is 4.90 Å². The number of hydrogen-bond acceptors (Lipinski definition) is 2. The van der Waals surface area contributed by atoms with Crippen LogP contribution in [0.2, 0.25) is 10.0 Å². The van der Waals surface area contributed by atoms with E-state index in [4.69, 9.17) is 23.2 Å². The second-order valence-corrected chi connectivity index (χ2v) is 8.93. The molecular formula is C22H12Br2Cl2N2O. The van der Waals surface area contributed by atoms with E-state index in [1.54, 1.807) is 29.2 Å². The predicted molar refractivity (Wildman–Crippen MR) is 127 cm³/mol. The lowest BCUT2D eigenvalue weighted by molar-refractivity contribution is -0.113. The summed E-state index contributed by atoms with van der Waals surface area (Å²) in [7, 11) is 0. The maximum atomic E-state index is 13.3. The number of benzene rings is 3. The number of halogens is 4. The van der Waals surface area contributed by atoms with Gasteiger partial charge in [-0.15, -0.1) is 0 Å². The number of hydrogen-bond donors (Lipinski definition) is 0. The van der Waals surface area contributed by atoms with Crippen LogP contribution in [0, 0.1) is 0 Å². The summed E-state index contributed by atoms with van der Waals surface area (Å²) < 4.78 is 1.88. The maximum Gasteiger partial charge on any atom is 0.282 e. The summed E-state index contributed by atoms with van der Waals surface area (Å²) in [5.74, 6) is 0.331. The summed E-state index contributed by atoms with van der Waals surface area (Å²) in [6, 6.07) is 20.3. The Kier molecular flexibility index (Phi) is 5.93. The highest BCUT2D eigenvalue weighted by molar-refractivity contribution is 9.10. The van der Waals surface area contributed by atoms with E-state index < -0.39 is 0 Å². The molecule has 1 amide bonds. The summed E-state index contributed by atoms with van der Waals surface area (Å²) in [6.07, 6.45) is 1.68. The largest absolute Gasteiger partial charge is 0.282 e. The molecule has 1 aliphatic heterocycles. The van der Waals surface area contributed by atoms with E-state index in [0.717, 1.165) is 20.2 Å². The fourth-order valence-corrected chi connectivity index (χ4v) is 3.90. The van der Waals surface area contributed by atoms with Crippen molar-refractivity contribution in [3.05, 3.63) is 103 Å². The number of carbonyl (C=O) groups excluding carboxylic acids is 1. The van der Waals surface area contributed by atoms with Gasteiger partial charge in [0, 0.05) is 24.6 Å². The van der Waals surface area contributed by atoms with Crippen LogP contribution in [0.15, 0.2) is 86.4 Å². The van der Waals surface area contributed by atoms with Crippen LogP contribution in [-0.4, -0.2) is 11.7 Å². The Bertz CT molecular complexity index is 1160. The molecular weight excluding hydrogens is 539 g/mol.